The van der Waals surface area contributed by atoms with Crippen LogP contribution in [0.4, 0.5) is 28.4 Å². The maximum Gasteiger partial charge on any atom is 0.252 e. The summed E-state index contributed by atoms with van der Waals surface area (Å²) in [5.74, 6) is 0. The van der Waals surface area contributed by atoms with E-state index in [1.807, 2.05) is 0 Å². The van der Waals surface area contributed by atoms with Gasteiger partial charge in [-0.2, -0.15) is 0 Å². The number of anilines is 5. The fourth-order valence-electron chi connectivity index (χ4n) is 9.57. The van der Waals surface area contributed by atoms with E-state index in [1.54, 1.807) is 5.56 Å². The fourth-order valence-corrected chi connectivity index (χ4v) is 9.57. The molecule has 3 aliphatic heterocycles. The van der Waals surface area contributed by atoms with Gasteiger partial charge in [-0.15, -0.1) is 0 Å². The molecular formula is C44H53BN2. The average Bonchev–Trinajstić information content (AvgIpc) is 3.21. The number of rotatable bonds is 1. The van der Waals surface area contributed by atoms with Gasteiger partial charge in [0.25, 0.3) is 6.71 Å². The minimum Gasteiger partial charge on any atom is -0.335 e. The van der Waals surface area contributed by atoms with Crippen molar-refractivity contribution in [1.82, 2.24) is 0 Å². The highest BCUT2D eigenvalue weighted by Gasteiger charge is 2.61. The summed E-state index contributed by atoms with van der Waals surface area (Å²) >= 11 is 0. The third-order valence-corrected chi connectivity index (χ3v) is 12.7. The zero-order valence-corrected chi connectivity index (χ0v) is 30.7. The molecule has 2 nitrogen and oxygen atoms in total. The van der Waals surface area contributed by atoms with Crippen LogP contribution in [0, 0.1) is 0 Å². The van der Waals surface area contributed by atoms with Crippen molar-refractivity contribution < 1.29 is 0 Å². The molecule has 242 valence electrons. The molecule has 0 bridgehead atoms. The lowest BCUT2D eigenvalue weighted by Gasteiger charge is -2.53. The van der Waals surface area contributed by atoms with Crippen LogP contribution in [0.25, 0.3) is 0 Å². The van der Waals surface area contributed by atoms with Gasteiger partial charge in [-0.1, -0.05) is 125 Å². The van der Waals surface area contributed by atoms with Crippen molar-refractivity contribution in [2.45, 2.75) is 129 Å². The van der Waals surface area contributed by atoms with E-state index in [-0.39, 0.29) is 33.9 Å². The summed E-state index contributed by atoms with van der Waals surface area (Å²) < 4.78 is 0. The van der Waals surface area contributed by atoms with Crippen LogP contribution >= 0.6 is 0 Å². The summed E-state index contributed by atoms with van der Waals surface area (Å²) in [6, 6.07) is 29.2. The van der Waals surface area contributed by atoms with Crippen LogP contribution in [-0.2, 0) is 21.7 Å². The van der Waals surface area contributed by atoms with E-state index >= 15 is 0 Å². The van der Waals surface area contributed by atoms with Crippen molar-refractivity contribution in [3.8, 4) is 0 Å². The molecule has 47 heavy (non-hydrogen) atoms. The highest BCUT2D eigenvalue weighted by molar-refractivity contribution is 7.00. The lowest BCUT2D eigenvalue weighted by atomic mass is 9.33. The normalized spacial score (nSPS) is 22.9. The smallest absolute Gasteiger partial charge is 0.252 e. The number of hydrogen-bond acceptors (Lipinski definition) is 2. The summed E-state index contributed by atoms with van der Waals surface area (Å²) in [6.07, 6.45) is 5.07. The molecule has 3 heterocycles. The van der Waals surface area contributed by atoms with Crippen LogP contribution in [0.15, 0.2) is 72.8 Å². The molecule has 4 aliphatic rings. The van der Waals surface area contributed by atoms with Gasteiger partial charge in [0.1, 0.15) is 0 Å². The van der Waals surface area contributed by atoms with E-state index in [2.05, 4.69) is 159 Å². The molecule has 0 radical (unpaired) electrons. The van der Waals surface area contributed by atoms with E-state index in [1.165, 1.54) is 87.2 Å². The highest BCUT2D eigenvalue weighted by atomic mass is 15.3. The van der Waals surface area contributed by atoms with Crippen LogP contribution in [0.1, 0.15) is 124 Å². The van der Waals surface area contributed by atoms with Gasteiger partial charge in [0, 0.05) is 33.9 Å². The first-order chi connectivity index (χ1) is 21.9. The van der Waals surface area contributed by atoms with E-state index in [0.717, 1.165) is 0 Å². The third kappa shape index (κ3) is 4.17. The lowest BCUT2D eigenvalue weighted by molar-refractivity contribution is 0.195. The Labute approximate surface area is 284 Å². The van der Waals surface area contributed by atoms with Crippen LogP contribution < -0.4 is 26.2 Å². The van der Waals surface area contributed by atoms with E-state index in [9.17, 15) is 0 Å². The Hall–Kier alpha value is -3.46. The van der Waals surface area contributed by atoms with Crippen molar-refractivity contribution in [2.75, 3.05) is 9.80 Å². The minimum atomic E-state index is 0.00938. The molecule has 0 N–H and O–H groups in total. The number of hydrogen-bond donors (Lipinski definition) is 0. The predicted molar refractivity (Wildman–Crippen MR) is 205 cm³/mol. The number of fused-ring (bicyclic) bond motifs is 7. The van der Waals surface area contributed by atoms with Crippen molar-refractivity contribution >= 4 is 51.5 Å². The van der Waals surface area contributed by atoms with E-state index in [4.69, 9.17) is 0 Å². The lowest BCUT2D eigenvalue weighted by Crippen LogP contribution is -2.64. The second-order valence-electron chi connectivity index (χ2n) is 18.7. The highest BCUT2D eigenvalue weighted by Crippen LogP contribution is 2.61. The summed E-state index contributed by atoms with van der Waals surface area (Å²) in [5, 5.41) is 0. The van der Waals surface area contributed by atoms with Crippen LogP contribution in [0.3, 0.4) is 0 Å². The summed E-state index contributed by atoms with van der Waals surface area (Å²) in [7, 11) is 0. The SMILES string of the molecule is CC(C)(C)c1ccc(N2c3ccc(C(C)(C)C)cc3B3c4cccc5c4N(c4cc(C(C)(C)C)cc2c43)C2(C)CCCCC52C)cc1. The minimum absolute atomic E-state index is 0.00938. The van der Waals surface area contributed by atoms with Gasteiger partial charge in [0.15, 0.2) is 0 Å². The van der Waals surface area contributed by atoms with Crippen molar-refractivity contribution in [3.05, 3.63) is 95.1 Å². The molecule has 1 fully saturated rings. The van der Waals surface area contributed by atoms with Gasteiger partial charge >= 0.3 is 0 Å². The van der Waals surface area contributed by atoms with Gasteiger partial charge < -0.3 is 9.80 Å². The zero-order chi connectivity index (χ0) is 33.5. The first-order valence-electron chi connectivity index (χ1n) is 18.1. The van der Waals surface area contributed by atoms with Crippen molar-refractivity contribution in [3.63, 3.8) is 0 Å². The molecule has 0 saturated heterocycles. The quantitative estimate of drug-likeness (QED) is 0.172. The second-order valence-corrected chi connectivity index (χ2v) is 18.7. The van der Waals surface area contributed by atoms with Crippen LogP contribution in [-0.4, -0.2) is 12.3 Å². The van der Waals surface area contributed by atoms with Crippen LogP contribution in [0.2, 0.25) is 0 Å². The molecule has 2 unspecified atom stereocenters. The Bertz CT molecular complexity index is 1930. The number of nitrogens with zero attached hydrogens (tertiary/aromatic N) is 2. The van der Waals surface area contributed by atoms with Gasteiger partial charge in [0.2, 0.25) is 0 Å². The predicted octanol–water partition coefficient (Wildman–Crippen LogP) is 9.93. The molecule has 0 amide bonds. The first-order valence-corrected chi connectivity index (χ1v) is 18.1. The Kier molecular flexibility index (Phi) is 6.29. The van der Waals surface area contributed by atoms with Crippen LogP contribution in [0.5, 0.6) is 0 Å². The molecule has 0 spiro atoms. The van der Waals surface area contributed by atoms with Gasteiger partial charge in [-0.25, -0.2) is 0 Å². The molecule has 1 saturated carbocycles. The maximum absolute atomic E-state index is 2.86. The maximum atomic E-state index is 2.86. The molecule has 2 atom stereocenters. The van der Waals surface area contributed by atoms with Crippen molar-refractivity contribution in [2.24, 2.45) is 0 Å². The van der Waals surface area contributed by atoms with E-state index in [0.29, 0.717) is 0 Å². The topological polar surface area (TPSA) is 6.48 Å². The molecule has 8 rings (SSSR count). The molecule has 3 heteroatoms. The monoisotopic (exact) mass is 620 g/mol. The number of para-hydroxylation sites is 1. The summed E-state index contributed by atoms with van der Waals surface area (Å²) in [4.78, 5) is 5.47. The molecule has 4 aromatic rings. The molecule has 0 aromatic heterocycles. The Morgan fingerprint density at radius 3 is 1.87 bits per heavy atom. The Morgan fingerprint density at radius 2 is 1.21 bits per heavy atom. The van der Waals surface area contributed by atoms with Gasteiger partial charge in [-0.05, 0) is 105 Å². The third-order valence-electron chi connectivity index (χ3n) is 12.7. The summed E-state index contributed by atoms with van der Waals surface area (Å²) in [6.45, 7) is 26.5. The zero-order valence-electron chi connectivity index (χ0n) is 30.7. The van der Waals surface area contributed by atoms with Gasteiger partial charge in [0.05, 0.1) is 5.54 Å². The van der Waals surface area contributed by atoms with Gasteiger partial charge in [-0.3, -0.25) is 0 Å². The largest absolute Gasteiger partial charge is 0.335 e. The number of benzene rings is 4. The molecular weight excluding hydrogens is 567 g/mol. The fraction of sp³-hybridized carbons (Fsp3) is 0.455. The Balaban J connectivity index is 1.49. The van der Waals surface area contributed by atoms with E-state index < -0.39 is 0 Å². The van der Waals surface area contributed by atoms with Crippen molar-refractivity contribution in [1.29, 1.82) is 0 Å². The summed E-state index contributed by atoms with van der Waals surface area (Å²) in [5.41, 5.74) is 17.3. The molecule has 1 aliphatic carbocycles. The average molecular weight is 621 g/mol. The first kappa shape index (κ1) is 30.9. The standard InChI is InChI=1S/C44H53BN2/c1-40(2,3)28-17-20-31(21-18-28)46-35-22-19-29(41(4,5)6)25-34(35)45-33-16-14-15-32-39(33)47(44(11)24-13-12-23-43(32,44)10)37-27-30(42(7,8)9)26-36(46)38(37)45/h14-22,25-27H,12-13,23-24H2,1-11H3. The second kappa shape index (κ2) is 9.58. The molecule has 4 aromatic carbocycles. The Morgan fingerprint density at radius 1 is 0.596 bits per heavy atom.